The summed E-state index contributed by atoms with van der Waals surface area (Å²) in [5.74, 6) is 1.03. The molecular weight excluding hydrogens is 185 g/mol. The maximum atomic E-state index is 4.27. The first-order valence-electron chi connectivity index (χ1n) is 3.11. The van der Waals surface area contributed by atoms with E-state index < -0.39 is 0 Å². The molecule has 1 aliphatic heterocycles. The predicted molar refractivity (Wildman–Crippen MR) is 48.4 cm³/mol. The van der Waals surface area contributed by atoms with Crippen molar-refractivity contribution >= 4 is 24.8 Å². The monoisotopic (exact) mass is 195 g/mol. The number of aromatic amines is 1. The van der Waals surface area contributed by atoms with Gasteiger partial charge in [-0.3, -0.25) is 0 Å². The van der Waals surface area contributed by atoms with Gasteiger partial charge < -0.3 is 10.3 Å². The van der Waals surface area contributed by atoms with E-state index in [1.54, 1.807) is 0 Å². The zero-order valence-corrected chi connectivity index (χ0v) is 7.81. The molecule has 0 saturated carbocycles. The van der Waals surface area contributed by atoms with Gasteiger partial charge in [0, 0.05) is 13.1 Å². The molecule has 0 saturated heterocycles. The fourth-order valence-electron chi connectivity index (χ4n) is 1.19. The van der Waals surface area contributed by atoms with Gasteiger partial charge in [0.1, 0.15) is 5.82 Å². The summed E-state index contributed by atoms with van der Waals surface area (Å²) in [4.78, 5) is 7.46. The zero-order chi connectivity index (χ0) is 6.27. The SMILES string of the molecule is Cc1nc2c([nH]1)CNC2.Cl.Cl. The van der Waals surface area contributed by atoms with E-state index in [1.807, 2.05) is 6.92 Å². The Morgan fingerprint density at radius 3 is 2.64 bits per heavy atom. The Bertz CT molecular complexity index is 212. The summed E-state index contributed by atoms with van der Waals surface area (Å²) in [6.07, 6.45) is 0. The largest absolute Gasteiger partial charge is 0.345 e. The number of hydrogen-bond donors (Lipinski definition) is 2. The van der Waals surface area contributed by atoms with Gasteiger partial charge in [0.15, 0.2) is 0 Å². The highest BCUT2D eigenvalue weighted by atomic mass is 35.5. The van der Waals surface area contributed by atoms with E-state index in [4.69, 9.17) is 0 Å². The first-order valence-corrected chi connectivity index (χ1v) is 3.11. The van der Waals surface area contributed by atoms with Gasteiger partial charge in [-0.25, -0.2) is 4.98 Å². The lowest BCUT2D eigenvalue weighted by atomic mass is 10.4. The van der Waals surface area contributed by atoms with Crippen molar-refractivity contribution in [3.8, 4) is 0 Å². The highest BCUT2D eigenvalue weighted by Crippen LogP contribution is 2.10. The maximum absolute atomic E-state index is 4.27. The third-order valence-electron chi connectivity index (χ3n) is 1.58. The van der Waals surface area contributed by atoms with Gasteiger partial charge in [-0.05, 0) is 6.92 Å². The molecule has 0 aliphatic carbocycles. The van der Waals surface area contributed by atoms with Crippen molar-refractivity contribution in [1.29, 1.82) is 0 Å². The smallest absolute Gasteiger partial charge is 0.103 e. The second-order valence-electron chi connectivity index (χ2n) is 2.35. The quantitative estimate of drug-likeness (QED) is 0.653. The van der Waals surface area contributed by atoms with Crippen molar-refractivity contribution in [2.75, 3.05) is 0 Å². The topological polar surface area (TPSA) is 40.7 Å². The number of fused-ring (bicyclic) bond motifs is 1. The van der Waals surface area contributed by atoms with E-state index in [0.717, 1.165) is 18.9 Å². The van der Waals surface area contributed by atoms with Crippen molar-refractivity contribution < 1.29 is 0 Å². The van der Waals surface area contributed by atoms with Gasteiger partial charge in [-0.2, -0.15) is 0 Å². The van der Waals surface area contributed by atoms with E-state index in [-0.39, 0.29) is 24.8 Å². The van der Waals surface area contributed by atoms with Crippen molar-refractivity contribution in [3.05, 3.63) is 17.2 Å². The molecule has 0 atom stereocenters. The van der Waals surface area contributed by atoms with E-state index in [0.29, 0.717) is 0 Å². The lowest BCUT2D eigenvalue weighted by Crippen LogP contribution is -2.02. The van der Waals surface area contributed by atoms with Crippen LogP contribution in [0.15, 0.2) is 0 Å². The molecule has 1 aliphatic rings. The van der Waals surface area contributed by atoms with E-state index in [1.165, 1.54) is 11.4 Å². The molecule has 5 heteroatoms. The maximum Gasteiger partial charge on any atom is 0.103 e. The Hall–Kier alpha value is -0.250. The molecule has 2 heterocycles. The van der Waals surface area contributed by atoms with Crippen LogP contribution in [-0.4, -0.2) is 9.97 Å². The van der Waals surface area contributed by atoms with Crippen LogP contribution < -0.4 is 5.32 Å². The van der Waals surface area contributed by atoms with Gasteiger partial charge in [-0.1, -0.05) is 0 Å². The first-order chi connectivity index (χ1) is 4.36. The molecule has 2 N–H and O–H groups in total. The predicted octanol–water partition coefficient (Wildman–Crippen LogP) is 1.16. The summed E-state index contributed by atoms with van der Waals surface area (Å²) in [5, 5.41) is 3.20. The zero-order valence-electron chi connectivity index (χ0n) is 6.18. The summed E-state index contributed by atoms with van der Waals surface area (Å²) in [5.41, 5.74) is 2.44. The number of imidazole rings is 1. The lowest BCUT2D eigenvalue weighted by molar-refractivity contribution is 0.739. The van der Waals surface area contributed by atoms with Gasteiger partial charge in [0.2, 0.25) is 0 Å². The normalized spacial score (nSPS) is 13.2. The van der Waals surface area contributed by atoms with Crippen LogP contribution in [-0.2, 0) is 13.1 Å². The minimum absolute atomic E-state index is 0. The molecular formula is C6H11Cl2N3. The van der Waals surface area contributed by atoms with E-state index in [2.05, 4.69) is 15.3 Å². The average Bonchev–Trinajstić information content (AvgIpc) is 2.22. The third-order valence-corrected chi connectivity index (χ3v) is 1.58. The molecule has 0 fully saturated rings. The van der Waals surface area contributed by atoms with Gasteiger partial charge in [-0.15, -0.1) is 24.8 Å². The number of aryl methyl sites for hydroxylation is 1. The summed E-state index contributed by atoms with van der Waals surface area (Å²) >= 11 is 0. The summed E-state index contributed by atoms with van der Waals surface area (Å²) < 4.78 is 0. The molecule has 1 aromatic rings. The van der Waals surface area contributed by atoms with Crippen LogP contribution in [0.1, 0.15) is 17.2 Å². The summed E-state index contributed by atoms with van der Waals surface area (Å²) in [6.45, 7) is 3.87. The highest BCUT2D eigenvalue weighted by molar-refractivity contribution is 5.85. The number of rotatable bonds is 0. The average molecular weight is 196 g/mol. The number of halogens is 2. The van der Waals surface area contributed by atoms with Crippen molar-refractivity contribution in [2.24, 2.45) is 0 Å². The lowest BCUT2D eigenvalue weighted by Gasteiger charge is -1.86. The van der Waals surface area contributed by atoms with Crippen LogP contribution in [0, 0.1) is 6.92 Å². The second-order valence-corrected chi connectivity index (χ2v) is 2.35. The van der Waals surface area contributed by atoms with Gasteiger partial charge >= 0.3 is 0 Å². The third kappa shape index (κ3) is 1.86. The minimum atomic E-state index is 0. The van der Waals surface area contributed by atoms with Crippen LogP contribution in [0.2, 0.25) is 0 Å². The Labute approximate surface area is 77.8 Å². The number of aromatic nitrogens is 2. The fraction of sp³-hybridized carbons (Fsp3) is 0.500. The molecule has 0 spiro atoms. The fourth-order valence-corrected chi connectivity index (χ4v) is 1.19. The summed E-state index contributed by atoms with van der Waals surface area (Å²) in [7, 11) is 0. The number of hydrogen-bond acceptors (Lipinski definition) is 2. The van der Waals surface area contributed by atoms with Crippen LogP contribution in [0.4, 0.5) is 0 Å². The van der Waals surface area contributed by atoms with Gasteiger partial charge in [0.25, 0.3) is 0 Å². The molecule has 3 nitrogen and oxygen atoms in total. The molecule has 0 aromatic carbocycles. The minimum Gasteiger partial charge on any atom is -0.345 e. The molecule has 2 rings (SSSR count). The Kier molecular flexibility index (Phi) is 3.86. The molecule has 11 heavy (non-hydrogen) atoms. The van der Waals surface area contributed by atoms with E-state index >= 15 is 0 Å². The first kappa shape index (κ1) is 10.8. The molecule has 0 bridgehead atoms. The van der Waals surface area contributed by atoms with Crippen molar-refractivity contribution in [3.63, 3.8) is 0 Å². The Morgan fingerprint density at radius 2 is 2.00 bits per heavy atom. The number of H-pyrrole nitrogens is 1. The Morgan fingerprint density at radius 1 is 1.27 bits per heavy atom. The van der Waals surface area contributed by atoms with Crippen molar-refractivity contribution in [2.45, 2.75) is 20.0 Å². The van der Waals surface area contributed by atoms with Crippen molar-refractivity contribution in [1.82, 2.24) is 15.3 Å². The van der Waals surface area contributed by atoms with E-state index in [9.17, 15) is 0 Å². The molecule has 64 valence electrons. The number of nitrogens with zero attached hydrogens (tertiary/aromatic N) is 1. The van der Waals surface area contributed by atoms with Crippen LogP contribution >= 0.6 is 24.8 Å². The van der Waals surface area contributed by atoms with Crippen LogP contribution in [0.5, 0.6) is 0 Å². The van der Waals surface area contributed by atoms with Crippen LogP contribution in [0.25, 0.3) is 0 Å². The summed E-state index contributed by atoms with van der Waals surface area (Å²) in [6, 6.07) is 0. The second kappa shape index (κ2) is 3.95. The van der Waals surface area contributed by atoms with Crippen LogP contribution in [0.3, 0.4) is 0 Å². The molecule has 0 unspecified atom stereocenters. The van der Waals surface area contributed by atoms with Gasteiger partial charge in [0.05, 0.1) is 11.4 Å². The number of nitrogens with one attached hydrogen (secondary N) is 2. The standard InChI is InChI=1S/C6H9N3.2ClH/c1-4-8-5-2-7-3-6(5)9-4;;/h7H,2-3H2,1H3,(H,8,9);2*1H. The highest BCUT2D eigenvalue weighted by Gasteiger charge is 2.12. The molecule has 0 radical (unpaired) electrons. The molecule has 1 aromatic heterocycles. The molecule has 0 amide bonds. The Balaban J connectivity index is 0.000000500.